The molecule has 0 aliphatic carbocycles. The molecule has 0 aliphatic heterocycles. The maximum atomic E-state index is 12.1. The van der Waals surface area contributed by atoms with Gasteiger partial charge in [0.05, 0.1) is 19.9 Å². The smallest absolute Gasteiger partial charge is 0.240 e. The SMILES string of the molecule is COc1ccc(N(CC(=O)NCCCN(C)C)C(C)=O)c(OC)c1. The van der Waals surface area contributed by atoms with Crippen LogP contribution in [0, 0.1) is 0 Å². The molecule has 0 bridgehead atoms. The molecule has 0 fully saturated rings. The molecule has 0 saturated heterocycles. The van der Waals surface area contributed by atoms with Crippen LogP contribution >= 0.6 is 0 Å². The Labute approximate surface area is 143 Å². The number of carbonyl (C=O) groups is 2. The van der Waals surface area contributed by atoms with Crippen molar-refractivity contribution in [2.75, 3.05) is 52.8 Å². The van der Waals surface area contributed by atoms with E-state index in [0.717, 1.165) is 13.0 Å². The van der Waals surface area contributed by atoms with E-state index in [1.165, 1.54) is 18.9 Å². The van der Waals surface area contributed by atoms with Crippen LogP contribution in [-0.4, -0.2) is 64.7 Å². The lowest BCUT2D eigenvalue weighted by Gasteiger charge is -2.23. The second-order valence-electron chi connectivity index (χ2n) is 5.65. The molecule has 1 rings (SSSR count). The van der Waals surface area contributed by atoms with Crippen molar-refractivity contribution in [3.8, 4) is 11.5 Å². The quantitative estimate of drug-likeness (QED) is 0.684. The van der Waals surface area contributed by atoms with Crippen LogP contribution in [0.2, 0.25) is 0 Å². The third kappa shape index (κ3) is 6.08. The molecule has 0 heterocycles. The van der Waals surface area contributed by atoms with Gasteiger partial charge in [0.2, 0.25) is 11.8 Å². The van der Waals surface area contributed by atoms with E-state index in [4.69, 9.17) is 9.47 Å². The molecule has 24 heavy (non-hydrogen) atoms. The van der Waals surface area contributed by atoms with Gasteiger partial charge in [0, 0.05) is 19.5 Å². The third-order valence-electron chi connectivity index (χ3n) is 3.46. The Morgan fingerprint density at radius 2 is 1.88 bits per heavy atom. The zero-order valence-corrected chi connectivity index (χ0v) is 15.1. The molecule has 0 aromatic heterocycles. The van der Waals surface area contributed by atoms with Crippen molar-refractivity contribution in [3.63, 3.8) is 0 Å². The van der Waals surface area contributed by atoms with Gasteiger partial charge < -0.3 is 19.7 Å². The second kappa shape index (κ2) is 9.77. The number of nitrogens with zero attached hydrogens (tertiary/aromatic N) is 2. The standard InChI is InChI=1S/C17H27N3O4/c1-13(21)20(12-17(22)18-9-6-10-19(2)3)15-8-7-14(23-4)11-16(15)24-5/h7-8,11H,6,9-10,12H2,1-5H3,(H,18,22). The Morgan fingerprint density at radius 3 is 2.42 bits per heavy atom. The van der Waals surface area contributed by atoms with Gasteiger partial charge in [-0.3, -0.25) is 14.5 Å². The average molecular weight is 337 g/mol. The molecule has 1 aromatic carbocycles. The Hall–Kier alpha value is -2.28. The van der Waals surface area contributed by atoms with E-state index < -0.39 is 0 Å². The number of benzene rings is 1. The Balaban J connectivity index is 2.77. The maximum Gasteiger partial charge on any atom is 0.240 e. The van der Waals surface area contributed by atoms with E-state index in [1.54, 1.807) is 25.3 Å². The van der Waals surface area contributed by atoms with Crippen LogP contribution in [0.4, 0.5) is 5.69 Å². The minimum Gasteiger partial charge on any atom is -0.497 e. The Kier molecular flexibility index (Phi) is 8.05. The molecule has 0 aliphatic rings. The van der Waals surface area contributed by atoms with Gasteiger partial charge in [-0.15, -0.1) is 0 Å². The highest BCUT2D eigenvalue weighted by Gasteiger charge is 2.19. The number of methoxy groups -OCH3 is 2. The first kappa shape index (κ1) is 19.8. The van der Waals surface area contributed by atoms with Crippen molar-refractivity contribution in [1.82, 2.24) is 10.2 Å². The summed E-state index contributed by atoms with van der Waals surface area (Å²) in [5.74, 6) is 0.654. The third-order valence-corrected chi connectivity index (χ3v) is 3.46. The van der Waals surface area contributed by atoms with Gasteiger partial charge in [0.15, 0.2) is 0 Å². The number of carbonyl (C=O) groups excluding carboxylic acids is 2. The summed E-state index contributed by atoms with van der Waals surface area (Å²) in [6, 6.07) is 5.11. The number of amides is 2. The fourth-order valence-electron chi connectivity index (χ4n) is 2.20. The van der Waals surface area contributed by atoms with Gasteiger partial charge in [-0.05, 0) is 39.2 Å². The first-order valence-corrected chi connectivity index (χ1v) is 7.80. The molecule has 134 valence electrons. The lowest BCUT2D eigenvalue weighted by molar-refractivity contribution is -0.123. The molecule has 1 aromatic rings. The van der Waals surface area contributed by atoms with Crippen molar-refractivity contribution in [3.05, 3.63) is 18.2 Å². The molecule has 0 spiro atoms. The van der Waals surface area contributed by atoms with Crippen molar-refractivity contribution < 1.29 is 19.1 Å². The summed E-state index contributed by atoms with van der Waals surface area (Å²) < 4.78 is 10.5. The molecule has 7 heteroatoms. The van der Waals surface area contributed by atoms with Crippen molar-refractivity contribution in [2.45, 2.75) is 13.3 Å². The highest BCUT2D eigenvalue weighted by Crippen LogP contribution is 2.32. The van der Waals surface area contributed by atoms with E-state index in [2.05, 4.69) is 10.2 Å². The molecule has 0 unspecified atom stereocenters. The molecule has 0 atom stereocenters. The van der Waals surface area contributed by atoms with E-state index >= 15 is 0 Å². The number of ether oxygens (including phenoxy) is 2. The van der Waals surface area contributed by atoms with Gasteiger partial charge >= 0.3 is 0 Å². The van der Waals surface area contributed by atoms with Crippen LogP contribution in [0.25, 0.3) is 0 Å². The zero-order valence-electron chi connectivity index (χ0n) is 15.1. The van der Waals surface area contributed by atoms with E-state index in [1.807, 2.05) is 14.1 Å². The molecular formula is C17H27N3O4. The zero-order chi connectivity index (χ0) is 18.1. The topological polar surface area (TPSA) is 71.1 Å². The largest absolute Gasteiger partial charge is 0.497 e. The number of rotatable bonds is 9. The lowest BCUT2D eigenvalue weighted by Crippen LogP contribution is -2.40. The number of anilines is 1. The van der Waals surface area contributed by atoms with Crippen LogP contribution < -0.4 is 19.7 Å². The van der Waals surface area contributed by atoms with Crippen LogP contribution in [0.15, 0.2) is 18.2 Å². The molecule has 2 amide bonds. The molecule has 0 saturated carbocycles. The lowest BCUT2D eigenvalue weighted by atomic mass is 10.2. The molecule has 7 nitrogen and oxygen atoms in total. The summed E-state index contributed by atoms with van der Waals surface area (Å²) in [7, 11) is 7.03. The minimum absolute atomic E-state index is 0.0556. The fraction of sp³-hybridized carbons (Fsp3) is 0.529. The van der Waals surface area contributed by atoms with Gasteiger partial charge in [0.25, 0.3) is 0 Å². The van der Waals surface area contributed by atoms with Crippen molar-refractivity contribution >= 4 is 17.5 Å². The van der Waals surface area contributed by atoms with Crippen molar-refractivity contribution in [2.24, 2.45) is 0 Å². The normalized spacial score (nSPS) is 10.4. The fourth-order valence-corrected chi connectivity index (χ4v) is 2.20. The number of hydrogen-bond acceptors (Lipinski definition) is 5. The monoisotopic (exact) mass is 337 g/mol. The van der Waals surface area contributed by atoms with Gasteiger partial charge in [-0.25, -0.2) is 0 Å². The van der Waals surface area contributed by atoms with Gasteiger partial charge in [0.1, 0.15) is 18.0 Å². The summed E-state index contributed by atoms with van der Waals surface area (Å²) in [5, 5.41) is 2.83. The summed E-state index contributed by atoms with van der Waals surface area (Å²) >= 11 is 0. The van der Waals surface area contributed by atoms with Gasteiger partial charge in [-0.2, -0.15) is 0 Å². The minimum atomic E-state index is -0.234. The number of hydrogen-bond donors (Lipinski definition) is 1. The first-order chi connectivity index (χ1) is 11.4. The summed E-state index contributed by atoms with van der Waals surface area (Å²) in [4.78, 5) is 27.5. The van der Waals surface area contributed by atoms with E-state index in [9.17, 15) is 9.59 Å². The van der Waals surface area contributed by atoms with Crippen molar-refractivity contribution in [1.29, 1.82) is 0 Å². The first-order valence-electron chi connectivity index (χ1n) is 7.80. The van der Waals surface area contributed by atoms with Crippen LogP contribution in [0.3, 0.4) is 0 Å². The predicted molar refractivity (Wildman–Crippen MR) is 93.8 cm³/mol. The average Bonchev–Trinajstić information content (AvgIpc) is 2.55. The maximum absolute atomic E-state index is 12.1. The van der Waals surface area contributed by atoms with E-state index in [-0.39, 0.29) is 18.4 Å². The Bertz CT molecular complexity index is 561. The van der Waals surface area contributed by atoms with Crippen LogP contribution in [0.5, 0.6) is 11.5 Å². The highest BCUT2D eigenvalue weighted by molar-refractivity contribution is 5.98. The van der Waals surface area contributed by atoms with Crippen LogP contribution in [0.1, 0.15) is 13.3 Å². The summed E-state index contributed by atoms with van der Waals surface area (Å²) in [6.45, 7) is 2.83. The molecule has 0 radical (unpaired) electrons. The summed E-state index contributed by atoms with van der Waals surface area (Å²) in [5.41, 5.74) is 0.536. The second-order valence-corrected chi connectivity index (χ2v) is 5.65. The highest BCUT2D eigenvalue weighted by atomic mass is 16.5. The molecular weight excluding hydrogens is 310 g/mol. The summed E-state index contributed by atoms with van der Waals surface area (Å²) in [6.07, 6.45) is 0.852. The number of nitrogens with one attached hydrogen (secondary N) is 1. The van der Waals surface area contributed by atoms with E-state index in [0.29, 0.717) is 23.7 Å². The van der Waals surface area contributed by atoms with Gasteiger partial charge in [-0.1, -0.05) is 0 Å². The molecule has 1 N–H and O–H groups in total. The predicted octanol–water partition coefficient (Wildman–Crippen LogP) is 1.12. The van der Waals surface area contributed by atoms with Crippen LogP contribution in [-0.2, 0) is 9.59 Å². The Morgan fingerprint density at radius 1 is 1.17 bits per heavy atom.